The average Bonchev–Trinajstić information content (AvgIpc) is 4.23. The number of ether oxygens (including phenoxy) is 5. The molecule has 4 aliphatic rings. The first kappa shape index (κ1) is 67.8. The lowest BCUT2D eigenvalue weighted by Gasteiger charge is -2.38. The summed E-state index contributed by atoms with van der Waals surface area (Å²) in [5.41, 5.74) is -1.09. The van der Waals surface area contributed by atoms with Gasteiger partial charge in [0.25, 0.3) is 11.8 Å². The number of rotatable bonds is 24. The van der Waals surface area contributed by atoms with E-state index in [0.717, 1.165) is 4.90 Å². The lowest BCUT2D eigenvalue weighted by atomic mass is 9.88. The summed E-state index contributed by atoms with van der Waals surface area (Å²) < 4.78 is 29.2. The third-order valence-electron chi connectivity index (χ3n) is 15.5. The van der Waals surface area contributed by atoms with Crippen LogP contribution in [0, 0.1) is 17.8 Å². The number of unbranched alkanes of at least 4 members (excludes halogenated alkanes) is 2. The number of nitrogens with one attached hydrogen (secondary N) is 3. The number of piperazine rings is 1. The van der Waals surface area contributed by atoms with E-state index in [4.69, 9.17) is 23.7 Å². The number of aliphatic hydroxyl groups is 3. The van der Waals surface area contributed by atoms with Gasteiger partial charge in [-0.2, -0.15) is 0 Å². The summed E-state index contributed by atoms with van der Waals surface area (Å²) in [4.78, 5) is 119. The number of benzene rings is 1. The number of aliphatic hydroxyl groups excluding tert-OH is 2. The first-order valence-corrected chi connectivity index (χ1v) is 29.2. The molecule has 4 heterocycles. The Bertz CT molecular complexity index is 2590. The van der Waals surface area contributed by atoms with Gasteiger partial charge >= 0.3 is 24.1 Å². The van der Waals surface area contributed by atoms with Crippen molar-refractivity contribution in [1.82, 2.24) is 25.3 Å². The Kier molecular flexibility index (Phi) is 25.2. The molecule has 2 fully saturated rings. The predicted octanol–water partition coefficient (Wildman–Crippen LogP) is 5.30. The van der Waals surface area contributed by atoms with E-state index >= 15 is 0 Å². The lowest BCUT2D eigenvalue weighted by Crippen LogP contribution is -2.53. The number of hydrogen-bond acceptors (Lipinski definition) is 17. The van der Waals surface area contributed by atoms with Gasteiger partial charge in [0.2, 0.25) is 17.7 Å². The second-order valence-electron chi connectivity index (χ2n) is 23.3. The van der Waals surface area contributed by atoms with Crippen LogP contribution >= 0.6 is 0 Å². The number of allylic oxidation sites excluding steroid dienone is 2. The molecule has 5 rings (SSSR count). The maximum Gasteiger partial charge on any atom is 0.410 e. The Morgan fingerprint density at radius 2 is 1.54 bits per heavy atom. The Hall–Kier alpha value is -6.95. The monoisotopic (exact) mass is 1180 g/mol. The van der Waals surface area contributed by atoms with Gasteiger partial charge in [-0.3, -0.25) is 38.5 Å². The summed E-state index contributed by atoms with van der Waals surface area (Å²) in [5.74, 6) is -4.29. The molecule has 6 N–H and O–H groups in total. The van der Waals surface area contributed by atoms with E-state index in [9.17, 15) is 58.5 Å². The SMILES string of the molecule is CC[C@H](O)[C@@H](C)[C@H]1O[C@@H]1C[C@@](C)(O)/C=C/C=C(\C)[C@H]1OC(=O)C[C@H](O)CC[C@@](C)(OC(C)=O)[C@@H](OC(=O)N2CCN(C(=O)OCc3ccc(NC(=O)[C@H](C)NC(=O)[C@@H](NC(=O)CCCCCN4C(=O)C=CC4=O)C(C)C)cc3)CC2)/C=C/[C@@H]1C. The molecule has 4 aliphatic heterocycles. The molecular weight excluding hydrogens is 1090 g/mol. The minimum atomic E-state index is -1.48. The van der Waals surface area contributed by atoms with Crippen molar-refractivity contribution in [3.8, 4) is 0 Å². The van der Waals surface area contributed by atoms with E-state index in [1.807, 2.05) is 13.8 Å². The van der Waals surface area contributed by atoms with E-state index in [2.05, 4.69) is 16.0 Å². The number of hydrogen-bond donors (Lipinski definition) is 6. The number of epoxide rings is 1. The molecular formula is C61H88N6O17. The third kappa shape index (κ3) is 20.7. The van der Waals surface area contributed by atoms with Crippen molar-refractivity contribution in [3.05, 3.63) is 77.9 Å². The molecule has 0 aliphatic carbocycles. The molecule has 7 amide bonds. The summed E-state index contributed by atoms with van der Waals surface area (Å²) in [6, 6.07) is 4.68. The van der Waals surface area contributed by atoms with E-state index < -0.39 is 89.6 Å². The van der Waals surface area contributed by atoms with Gasteiger partial charge in [0, 0.05) is 82.2 Å². The van der Waals surface area contributed by atoms with Crippen molar-refractivity contribution in [3.63, 3.8) is 0 Å². The molecule has 0 aromatic heterocycles. The number of carbonyl (C=O) groups is 9. The number of carbonyl (C=O) groups excluding carboxylic acids is 9. The molecule has 0 unspecified atom stereocenters. The highest BCUT2D eigenvalue weighted by Gasteiger charge is 2.47. The van der Waals surface area contributed by atoms with Gasteiger partial charge in [-0.1, -0.05) is 77.5 Å². The number of amides is 7. The van der Waals surface area contributed by atoms with Crippen molar-refractivity contribution in [2.75, 3.05) is 38.0 Å². The fourth-order valence-corrected chi connectivity index (χ4v) is 10.2. The molecule has 2 saturated heterocycles. The highest BCUT2D eigenvalue weighted by Crippen LogP contribution is 2.38. The van der Waals surface area contributed by atoms with Crippen molar-refractivity contribution < 1.29 is 82.2 Å². The fourth-order valence-electron chi connectivity index (χ4n) is 10.2. The van der Waals surface area contributed by atoms with E-state index in [1.54, 1.807) is 96.2 Å². The molecule has 1 aromatic rings. The van der Waals surface area contributed by atoms with E-state index in [0.29, 0.717) is 48.9 Å². The van der Waals surface area contributed by atoms with Crippen LogP contribution in [0.4, 0.5) is 15.3 Å². The lowest BCUT2D eigenvalue weighted by molar-refractivity contribution is -0.168. The molecule has 0 spiro atoms. The number of nitrogens with zero attached hydrogens (tertiary/aromatic N) is 3. The van der Waals surface area contributed by atoms with Crippen LogP contribution in [-0.2, 0) is 63.9 Å². The maximum atomic E-state index is 13.9. The van der Waals surface area contributed by atoms with Crippen LogP contribution in [0.1, 0.15) is 133 Å². The van der Waals surface area contributed by atoms with Gasteiger partial charge in [-0.15, -0.1) is 0 Å². The first-order valence-electron chi connectivity index (χ1n) is 29.2. The minimum absolute atomic E-state index is 0.00841. The summed E-state index contributed by atoms with van der Waals surface area (Å²) in [7, 11) is 0. The van der Waals surface area contributed by atoms with Gasteiger partial charge in [0.05, 0.1) is 36.4 Å². The van der Waals surface area contributed by atoms with E-state index in [-0.39, 0.29) is 107 Å². The topological polar surface area (TPSA) is 310 Å². The van der Waals surface area contributed by atoms with Crippen LogP contribution in [0.2, 0.25) is 0 Å². The number of imide groups is 1. The van der Waals surface area contributed by atoms with Crippen LogP contribution in [0.15, 0.2) is 72.4 Å². The van der Waals surface area contributed by atoms with Gasteiger partial charge in [-0.05, 0) is 95.1 Å². The number of esters is 2. The van der Waals surface area contributed by atoms with Crippen molar-refractivity contribution >= 4 is 59.3 Å². The Balaban J connectivity index is 1.10. The molecule has 0 radical (unpaired) electrons. The summed E-state index contributed by atoms with van der Waals surface area (Å²) >= 11 is 0. The van der Waals surface area contributed by atoms with Gasteiger partial charge < -0.3 is 64.8 Å². The maximum absolute atomic E-state index is 13.9. The number of anilines is 1. The molecule has 0 saturated carbocycles. The zero-order chi connectivity index (χ0) is 62.1. The highest BCUT2D eigenvalue weighted by atomic mass is 16.6. The van der Waals surface area contributed by atoms with Gasteiger partial charge in [0.1, 0.15) is 30.4 Å². The first-order chi connectivity index (χ1) is 39.6. The van der Waals surface area contributed by atoms with Crippen LogP contribution in [0.3, 0.4) is 0 Å². The molecule has 23 nitrogen and oxygen atoms in total. The van der Waals surface area contributed by atoms with Crippen LogP contribution in [-0.4, -0.2) is 176 Å². The second kappa shape index (κ2) is 31.3. The zero-order valence-electron chi connectivity index (χ0n) is 50.2. The van der Waals surface area contributed by atoms with E-state index in [1.165, 1.54) is 35.8 Å². The van der Waals surface area contributed by atoms with Crippen LogP contribution in [0.5, 0.6) is 0 Å². The summed E-state index contributed by atoms with van der Waals surface area (Å²) in [5, 5.41) is 40.6. The Labute approximate surface area is 492 Å². The number of cyclic esters (lactones) is 1. The second-order valence-corrected chi connectivity index (χ2v) is 23.3. The van der Waals surface area contributed by atoms with Crippen LogP contribution < -0.4 is 16.0 Å². The molecule has 12 atom stereocenters. The Morgan fingerprint density at radius 3 is 2.15 bits per heavy atom. The standard InChI is InChI=1S/C61H88N6O17/c1-11-46(70)40(6)55-47(81-55)35-60(9,79)27-15-16-38(4)54-39(5)18-23-48(61(10,84-42(8)68)28-26-45(69)34-52(74)83-54)82-59(78)66-32-30-65(31-33-66)58(77)80-36-43-19-21-44(22-20-43)63-56(75)41(7)62-57(76)53(37(2)3)64-49(71)17-13-12-14-29-67-50(72)24-25-51(67)73/h15-16,18-25,27,37,39-41,45-48,53-55,69-70,79H,11-14,17,26,28-36H2,1-10H3,(H,62,76)(H,63,75)(H,64,71)/b23-18+,27-15+,38-16+/t39-,40+,41-,45+,46-,47+,48-,53-,54+,55+,60-,61+/m0/s1. The molecule has 23 heteroatoms. The molecule has 0 bridgehead atoms. The predicted molar refractivity (Wildman–Crippen MR) is 308 cm³/mol. The summed E-state index contributed by atoms with van der Waals surface area (Å²) in [6.07, 6.45) is 7.62. The summed E-state index contributed by atoms with van der Waals surface area (Å²) in [6.45, 7) is 17.4. The molecule has 1 aromatic carbocycles. The normalized spacial score (nSPS) is 25.7. The smallest absolute Gasteiger partial charge is 0.410 e. The van der Waals surface area contributed by atoms with Crippen molar-refractivity contribution in [2.45, 2.75) is 194 Å². The largest absolute Gasteiger partial charge is 0.457 e. The average molecular weight is 1180 g/mol. The van der Waals surface area contributed by atoms with Crippen molar-refractivity contribution in [1.29, 1.82) is 0 Å². The van der Waals surface area contributed by atoms with Crippen LogP contribution in [0.25, 0.3) is 0 Å². The minimum Gasteiger partial charge on any atom is -0.457 e. The highest BCUT2D eigenvalue weighted by molar-refractivity contribution is 6.12. The third-order valence-corrected chi connectivity index (χ3v) is 15.5. The quantitative estimate of drug-likeness (QED) is 0.0145. The Morgan fingerprint density at radius 1 is 0.893 bits per heavy atom. The molecule has 84 heavy (non-hydrogen) atoms. The van der Waals surface area contributed by atoms with Crippen molar-refractivity contribution in [2.24, 2.45) is 17.8 Å². The van der Waals surface area contributed by atoms with Gasteiger partial charge in [-0.25, -0.2) is 9.59 Å². The zero-order valence-corrected chi connectivity index (χ0v) is 50.2. The fraction of sp³-hybridized carbons (Fsp3) is 0.623. The molecule has 464 valence electrons. The van der Waals surface area contributed by atoms with Gasteiger partial charge in [0.15, 0.2) is 6.10 Å².